The number of esters is 4. The van der Waals surface area contributed by atoms with Crippen LogP contribution in [0.25, 0.3) is 0 Å². The molecule has 1 aliphatic heterocycles. The number of nitriles is 1. The van der Waals surface area contributed by atoms with E-state index in [1.165, 1.54) is 39.5 Å². The molecule has 0 aliphatic carbocycles. The van der Waals surface area contributed by atoms with E-state index in [2.05, 4.69) is 6.07 Å². The molecule has 0 unspecified atom stereocenters. The molecule has 0 spiro atoms. The van der Waals surface area contributed by atoms with Gasteiger partial charge < -0.3 is 23.7 Å². The second-order valence-electron chi connectivity index (χ2n) is 7.26. The molecule has 11 heteroatoms. The van der Waals surface area contributed by atoms with Crippen LogP contribution in [0.3, 0.4) is 0 Å². The number of unbranched alkanes of at least 4 members (excludes halogenated alkanes) is 4. The van der Waals surface area contributed by atoms with Crippen LogP contribution in [0.4, 0.5) is 0 Å². The first kappa shape index (κ1) is 27.7. The number of ether oxygens (including phenoxy) is 5. The molecule has 0 aromatic heterocycles. The lowest BCUT2D eigenvalue weighted by atomic mass is 9.99. The highest BCUT2D eigenvalue weighted by atomic mass is 32.2. The third-order valence-electron chi connectivity index (χ3n) is 4.41. The fraction of sp³-hybridized carbons (Fsp3) is 0.762. The molecule has 0 amide bonds. The minimum absolute atomic E-state index is 0.233. The molecule has 0 aromatic rings. The van der Waals surface area contributed by atoms with E-state index >= 15 is 0 Å². The minimum atomic E-state index is -1.14. The second-order valence-corrected chi connectivity index (χ2v) is 8.47. The van der Waals surface area contributed by atoms with Gasteiger partial charge in [0, 0.05) is 34.1 Å². The van der Waals surface area contributed by atoms with E-state index in [4.69, 9.17) is 28.9 Å². The largest absolute Gasteiger partial charge is 0.463 e. The molecule has 1 aliphatic rings. The van der Waals surface area contributed by atoms with Gasteiger partial charge in [-0.15, -0.1) is 11.8 Å². The number of thioether (sulfide) groups is 1. The lowest BCUT2D eigenvalue weighted by molar-refractivity contribution is -0.237. The maximum Gasteiger partial charge on any atom is 0.303 e. The third-order valence-corrected chi connectivity index (χ3v) is 5.65. The van der Waals surface area contributed by atoms with E-state index in [9.17, 15) is 19.2 Å². The summed E-state index contributed by atoms with van der Waals surface area (Å²) in [6.07, 6.45) is -0.196. The van der Waals surface area contributed by atoms with E-state index in [1.807, 2.05) is 0 Å². The van der Waals surface area contributed by atoms with Crippen molar-refractivity contribution < 1.29 is 42.9 Å². The van der Waals surface area contributed by atoms with Gasteiger partial charge in [0.1, 0.15) is 18.1 Å². The Balaban J connectivity index is 3.03. The Morgan fingerprint density at radius 2 is 1.38 bits per heavy atom. The number of nitrogens with zero attached hydrogens (tertiary/aromatic N) is 1. The third kappa shape index (κ3) is 10.3. The van der Waals surface area contributed by atoms with Gasteiger partial charge in [-0.1, -0.05) is 12.8 Å². The quantitative estimate of drug-likeness (QED) is 0.234. The average Bonchev–Trinajstić information content (AvgIpc) is 2.68. The van der Waals surface area contributed by atoms with Crippen molar-refractivity contribution in [3.8, 4) is 6.07 Å². The molecule has 0 N–H and O–H groups in total. The van der Waals surface area contributed by atoms with Crippen molar-refractivity contribution in [1.82, 2.24) is 0 Å². The molecule has 1 rings (SSSR count). The highest BCUT2D eigenvalue weighted by molar-refractivity contribution is 7.99. The summed E-state index contributed by atoms with van der Waals surface area (Å²) in [5.41, 5.74) is -0.741. The SMILES string of the molecule is CC(=O)OC[C@H]1O[C@@H](SCCCCCCC#N)[C@H](OC(C)=O)[C@@H](OC(C)=O)[C@@H]1OC(C)=O. The van der Waals surface area contributed by atoms with Gasteiger partial charge in [0.2, 0.25) is 0 Å². The summed E-state index contributed by atoms with van der Waals surface area (Å²) in [5.74, 6) is -1.83. The van der Waals surface area contributed by atoms with Gasteiger partial charge in [-0.05, 0) is 18.6 Å². The summed E-state index contributed by atoms with van der Waals surface area (Å²) >= 11 is 1.36. The van der Waals surface area contributed by atoms with Gasteiger partial charge in [-0.3, -0.25) is 19.2 Å². The first-order chi connectivity index (χ1) is 15.1. The van der Waals surface area contributed by atoms with Crippen LogP contribution in [-0.2, 0) is 42.9 Å². The summed E-state index contributed by atoms with van der Waals surface area (Å²) in [7, 11) is 0. The van der Waals surface area contributed by atoms with Crippen molar-refractivity contribution in [3.63, 3.8) is 0 Å². The highest BCUT2D eigenvalue weighted by Crippen LogP contribution is 2.34. The van der Waals surface area contributed by atoms with Crippen LogP contribution in [0.15, 0.2) is 0 Å². The summed E-state index contributed by atoms with van der Waals surface area (Å²) in [5, 5.41) is 8.60. The first-order valence-electron chi connectivity index (χ1n) is 10.4. The molecule has 0 bridgehead atoms. The zero-order chi connectivity index (χ0) is 24.1. The van der Waals surface area contributed by atoms with Gasteiger partial charge in [-0.2, -0.15) is 5.26 Å². The number of rotatable bonds is 12. The molecule has 32 heavy (non-hydrogen) atoms. The fourth-order valence-electron chi connectivity index (χ4n) is 3.18. The molecule has 5 atom stereocenters. The Morgan fingerprint density at radius 3 is 1.94 bits per heavy atom. The zero-order valence-corrected chi connectivity index (χ0v) is 19.7. The van der Waals surface area contributed by atoms with Crippen molar-refractivity contribution in [3.05, 3.63) is 0 Å². The maximum atomic E-state index is 11.8. The number of hydrogen-bond acceptors (Lipinski definition) is 11. The van der Waals surface area contributed by atoms with Crippen molar-refractivity contribution >= 4 is 35.6 Å². The maximum absolute atomic E-state index is 11.8. The van der Waals surface area contributed by atoms with Crippen molar-refractivity contribution in [2.75, 3.05) is 12.4 Å². The highest BCUT2D eigenvalue weighted by Gasteiger charge is 2.52. The predicted octanol–water partition coefficient (Wildman–Crippen LogP) is 2.28. The monoisotopic (exact) mass is 473 g/mol. The summed E-state index contributed by atoms with van der Waals surface area (Å²) < 4.78 is 27.2. The number of carbonyl (C=O) groups is 4. The average molecular weight is 474 g/mol. The van der Waals surface area contributed by atoms with E-state index < -0.39 is 53.7 Å². The zero-order valence-electron chi connectivity index (χ0n) is 18.9. The number of carbonyl (C=O) groups excluding carboxylic acids is 4. The summed E-state index contributed by atoms with van der Waals surface area (Å²) in [6.45, 7) is 4.58. The molecule has 0 radical (unpaired) electrons. The van der Waals surface area contributed by atoms with Crippen LogP contribution in [0, 0.1) is 11.3 Å². The van der Waals surface area contributed by atoms with Gasteiger partial charge in [0.05, 0.1) is 6.07 Å². The Kier molecular flexibility index (Phi) is 12.7. The molecular weight excluding hydrogens is 442 g/mol. The summed E-state index contributed by atoms with van der Waals surface area (Å²) in [4.78, 5) is 46.6. The molecular formula is C21H31NO9S. The van der Waals surface area contributed by atoms with Crippen molar-refractivity contribution in [2.45, 2.75) is 89.7 Å². The van der Waals surface area contributed by atoms with Crippen LogP contribution in [0.1, 0.15) is 59.8 Å². The van der Waals surface area contributed by atoms with E-state index in [0.29, 0.717) is 12.2 Å². The van der Waals surface area contributed by atoms with Gasteiger partial charge in [0.25, 0.3) is 0 Å². The van der Waals surface area contributed by atoms with E-state index in [-0.39, 0.29) is 6.61 Å². The Bertz CT molecular complexity index is 693. The van der Waals surface area contributed by atoms with Gasteiger partial charge in [0.15, 0.2) is 18.3 Å². The van der Waals surface area contributed by atoms with Gasteiger partial charge in [-0.25, -0.2) is 0 Å². The second kappa shape index (κ2) is 14.7. The standard InChI is InChI=1S/C21H31NO9S/c1-13(23)27-12-17-18(28-14(2)24)19(29-15(3)25)20(30-16(4)26)21(31-17)32-11-9-7-5-6-8-10-22/h17-21H,5-9,11-12H2,1-4H3/t17-,18-,19+,20-,21+/m1/s1. The smallest absolute Gasteiger partial charge is 0.303 e. The molecule has 10 nitrogen and oxygen atoms in total. The lowest BCUT2D eigenvalue weighted by Crippen LogP contribution is -2.61. The lowest BCUT2D eigenvalue weighted by Gasteiger charge is -2.44. The Hall–Kier alpha value is -2.32. The first-order valence-corrected chi connectivity index (χ1v) is 11.5. The molecule has 1 fully saturated rings. The van der Waals surface area contributed by atoms with Crippen LogP contribution >= 0.6 is 11.8 Å². The predicted molar refractivity (Wildman–Crippen MR) is 113 cm³/mol. The molecule has 0 saturated carbocycles. The summed E-state index contributed by atoms with van der Waals surface area (Å²) in [6, 6.07) is 2.11. The Labute approximate surface area is 192 Å². The molecule has 1 heterocycles. The topological polar surface area (TPSA) is 138 Å². The van der Waals surface area contributed by atoms with Crippen LogP contribution in [-0.4, -0.2) is 66.1 Å². The molecule has 1 saturated heterocycles. The molecule has 180 valence electrons. The van der Waals surface area contributed by atoms with Crippen molar-refractivity contribution in [1.29, 1.82) is 5.26 Å². The van der Waals surface area contributed by atoms with E-state index in [1.54, 1.807) is 0 Å². The van der Waals surface area contributed by atoms with E-state index in [0.717, 1.165) is 25.7 Å². The van der Waals surface area contributed by atoms with Crippen LogP contribution in [0.5, 0.6) is 0 Å². The van der Waals surface area contributed by atoms with Crippen LogP contribution < -0.4 is 0 Å². The molecule has 0 aromatic carbocycles. The normalized spacial score (nSPS) is 24.7. The Morgan fingerprint density at radius 1 is 0.812 bits per heavy atom. The van der Waals surface area contributed by atoms with Crippen molar-refractivity contribution in [2.24, 2.45) is 0 Å². The fourth-order valence-corrected chi connectivity index (χ4v) is 4.41. The van der Waals surface area contributed by atoms with Gasteiger partial charge >= 0.3 is 23.9 Å². The van der Waals surface area contributed by atoms with Crippen LogP contribution in [0.2, 0.25) is 0 Å². The minimum Gasteiger partial charge on any atom is -0.463 e. The number of hydrogen-bond donors (Lipinski definition) is 0.